The Labute approximate surface area is 132 Å². The Morgan fingerprint density at radius 3 is 2.50 bits per heavy atom. The molecular weight excluding hydrogens is 278 g/mol. The first-order chi connectivity index (χ1) is 10.6. The molecule has 0 aromatic heterocycles. The van der Waals surface area contributed by atoms with Crippen LogP contribution >= 0.6 is 0 Å². The molecule has 0 aliphatic heterocycles. The number of carbonyl (C=O) groups excluding carboxylic acids is 2. The molecule has 1 aliphatic rings. The molecule has 1 unspecified atom stereocenters. The van der Waals surface area contributed by atoms with Gasteiger partial charge in [-0.1, -0.05) is 36.8 Å². The van der Waals surface area contributed by atoms with Gasteiger partial charge in [-0.25, -0.2) is 0 Å². The van der Waals surface area contributed by atoms with E-state index in [1.54, 1.807) is 0 Å². The smallest absolute Gasteiger partial charge is 0.306 e. The average molecular weight is 303 g/mol. The van der Waals surface area contributed by atoms with Crippen molar-refractivity contribution in [3.8, 4) is 0 Å². The Morgan fingerprint density at radius 2 is 1.82 bits per heavy atom. The molecule has 2 rings (SSSR count). The highest BCUT2D eigenvalue weighted by atomic mass is 16.5. The largest absolute Gasteiger partial charge is 0.462 e. The van der Waals surface area contributed by atoms with Crippen LogP contribution in [0.25, 0.3) is 0 Å². The molecule has 1 aliphatic carbocycles. The second kappa shape index (κ2) is 8.69. The number of carbonyl (C=O) groups is 2. The summed E-state index contributed by atoms with van der Waals surface area (Å²) in [4.78, 5) is 23.8. The number of Topliss-reactive ketones (excluding diaryl/α,β-unsaturated/α-hetero) is 1. The molecule has 1 fully saturated rings. The van der Waals surface area contributed by atoms with Gasteiger partial charge in [-0.15, -0.1) is 0 Å². The molecule has 4 heteroatoms. The molecule has 1 aromatic rings. The minimum absolute atomic E-state index is 0.0309. The second-order valence-corrected chi connectivity index (χ2v) is 6.02. The Kier molecular flexibility index (Phi) is 6.59. The molecule has 0 saturated heterocycles. The summed E-state index contributed by atoms with van der Waals surface area (Å²) in [5.74, 6) is -0.258. The standard InChI is InChI=1S/C18H25NO3/c19-16(17(20)13-14-7-3-1-4-8-14)11-12-18(21)22-15-9-5-2-6-10-15/h1,3-4,7-8,15-16H,2,5-6,9-13,19H2. The lowest BCUT2D eigenvalue weighted by atomic mass is 9.97. The molecule has 0 spiro atoms. The zero-order valence-corrected chi connectivity index (χ0v) is 13.0. The van der Waals surface area contributed by atoms with Crippen molar-refractivity contribution in [1.29, 1.82) is 0 Å². The van der Waals surface area contributed by atoms with Gasteiger partial charge in [0.15, 0.2) is 5.78 Å². The lowest BCUT2D eigenvalue weighted by Crippen LogP contribution is -2.33. The maximum atomic E-state index is 12.0. The van der Waals surface area contributed by atoms with E-state index in [1.807, 2.05) is 30.3 Å². The van der Waals surface area contributed by atoms with Crippen LogP contribution in [0.15, 0.2) is 30.3 Å². The third kappa shape index (κ3) is 5.60. The molecule has 1 aromatic carbocycles. The molecular formula is C18H25NO3. The minimum atomic E-state index is -0.598. The summed E-state index contributed by atoms with van der Waals surface area (Å²) in [6.45, 7) is 0. The van der Waals surface area contributed by atoms with E-state index < -0.39 is 6.04 Å². The van der Waals surface area contributed by atoms with E-state index in [9.17, 15) is 9.59 Å². The van der Waals surface area contributed by atoms with Crippen molar-refractivity contribution >= 4 is 11.8 Å². The van der Waals surface area contributed by atoms with E-state index in [-0.39, 0.29) is 24.3 Å². The van der Waals surface area contributed by atoms with Crippen molar-refractivity contribution in [2.24, 2.45) is 5.73 Å². The Bertz CT molecular complexity index is 480. The number of hydrogen-bond donors (Lipinski definition) is 1. The summed E-state index contributed by atoms with van der Waals surface area (Å²) in [6.07, 6.45) is 6.38. The minimum Gasteiger partial charge on any atom is -0.462 e. The van der Waals surface area contributed by atoms with Crippen LogP contribution in [0.4, 0.5) is 0 Å². The van der Waals surface area contributed by atoms with Crippen molar-refractivity contribution in [3.63, 3.8) is 0 Å². The third-order valence-corrected chi connectivity index (χ3v) is 4.14. The van der Waals surface area contributed by atoms with E-state index in [2.05, 4.69) is 0 Å². The van der Waals surface area contributed by atoms with Gasteiger partial charge in [0.1, 0.15) is 6.10 Å². The molecule has 1 atom stereocenters. The summed E-state index contributed by atoms with van der Waals surface area (Å²) < 4.78 is 5.43. The topological polar surface area (TPSA) is 69.4 Å². The lowest BCUT2D eigenvalue weighted by Gasteiger charge is -2.22. The SMILES string of the molecule is NC(CCC(=O)OC1CCCCC1)C(=O)Cc1ccccc1. The van der Waals surface area contributed by atoms with Crippen molar-refractivity contribution in [2.45, 2.75) is 63.5 Å². The Balaban J connectivity index is 1.68. The first-order valence-electron chi connectivity index (χ1n) is 8.17. The first kappa shape index (κ1) is 16.7. The number of ketones is 1. The number of rotatable bonds is 7. The maximum Gasteiger partial charge on any atom is 0.306 e. The van der Waals surface area contributed by atoms with Crippen LogP contribution < -0.4 is 5.73 Å². The van der Waals surface area contributed by atoms with Gasteiger partial charge in [0.2, 0.25) is 0 Å². The lowest BCUT2D eigenvalue weighted by molar-refractivity contribution is -0.150. The van der Waals surface area contributed by atoms with Gasteiger partial charge in [-0.05, 0) is 37.7 Å². The van der Waals surface area contributed by atoms with Crippen molar-refractivity contribution in [2.75, 3.05) is 0 Å². The number of nitrogens with two attached hydrogens (primary N) is 1. The molecule has 0 amide bonds. The van der Waals surface area contributed by atoms with Crippen molar-refractivity contribution in [1.82, 2.24) is 0 Å². The van der Waals surface area contributed by atoms with Crippen LogP contribution in [0.3, 0.4) is 0 Å². The Morgan fingerprint density at radius 1 is 1.14 bits per heavy atom. The summed E-state index contributed by atoms with van der Waals surface area (Å²) >= 11 is 0. The summed E-state index contributed by atoms with van der Waals surface area (Å²) in [6, 6.07) is 8.92. The van der Waals surface area contributed by atoms with Gasteiger partial charge in [-0.2, -0.15) is 0 Å². The number of benzene rings is 1. The molecule has 120 valence electrons. The molecule has 22 heavy (non-hydrogen) atoms. The predicted molar refractivity (Wildman–Crippen MR) is 85.3 cm³/mol. The highest BCUT2D eigenvalue weighted by molar-refractivity contribution is 5.86. The molecule has 2 N–H and O–H groups in total. The summed E-state index contributed by atoms with van der Waals surface area (Å²) in [5.41, 5.74) is 6.84. The third-order valence-electron chi connectivity index (χ3n) is 4.14. The zero-order chi connectivity index (χ0) is 15.8. The zero-order valence-electron chi connectivity index (χ0n) is 13.0. The molecule has 0 heterocycles. The van der Waals surface area contributed by atoms with Crippen molar-refractivity contribution in [3.05, 3.63) is 35.9 Å². The normalized spacial score (nSPS) is 17.0. The van der Waals surface area contributed by atoms with Gasteiger partial charge in [-0.3, -0.25) is 9.59 Å². The summed E-state index contributed by atoms with van der Waals surface area (Å²) in [5, 5.41) is 0. The summed E-state index contributed by atoms with van der Waals surface area (Å²) in [7, 11) is 0. The van der Waals surface area contributed by atoms with Gasteiger partial charge in [0.05, 0.1) is 6.04 Å². The fourth-order valence-electron chi connectivity index (χ4n) is 2.79. The second-order valence-electron chi connectivity index (χ2n) is 6.02. The van der Waals surface area contributed by atoms with E-state index in [0.717, 1.165) is 31.2 Å². The predicted octanol–water partition coefficient (Wildman–Crippen LogP) is 2.78. The van der Waals surface area contributed by atoms with E-state index >= 15 is 0 Å². The monoisotopic (exact) mass is 303 g/mol. The van der Waals surface area contributed by atoms with Crippen molar-refractivity contribution < 1.29 is 14.3 Å². The Hall–Kier alpha value is -1.68. The van der Waals surface area contributed by atoms with Crippen LogP contribution in [-0.4, -0.2) is 23.9 Å². The number of ether oxygens (including phenoxy) is 1. The fraction of sp³-hybridized carbons (Fsp3) is 0.556. The molecule has 0 bridgehead atoms. The van der Waals surface area contributed by atoms with Crippen LogP contribution in [0.1, 0.15) is 50.5 Å². The first-order valence-corrected chi connectivity index (χ1v) is 8.17. The van der Waals surface area contributed by atoms with Crippen LogP contribution in [0, 0.1) is 0 Å². The average Bonchev–Trinajstić information content (AvgIpc) is 2.54. The number of esters is 1. The van der Waals surface area contributed by atoms with E-state index in [4.69, 9.17) is 10.5 Å². The maximum absolute atomic E-state index is 12.0. The van der Waals surface area contributed by atoms with Crippen LogP contribution in [0.2, 0.25) is 0 Å². The molecule has 0 radical (unpaired) electrons. The molecule has 4 nitrogen and oxygen atoms in total. The van der Waals surface area contributed by atoms with Gasteiger partial charge < -0.3 is 10.5 Å². The molecule has 1 saturated carbocycles. The van der Waals surface area contributed by atoms with Gasteiger partial charge in [0, 0.05) is 12.8 Å². The van der Waals surface area contributed by atoms with Gasteiger partial charge in [0.25, 0.3) is 0 Å². The highest BCUT2D eigenvalue weighted by Gasteiger charge is 2.20. The van der Waals surface area contributed by atoms with Gasteiger partial charge >= 0.3 is 5.97 Å². The van der Waals surface area contributed by atoms with Crippen LogP contribution in [0.5, 0.6) is 0 Å². The fourth-order valence-corrected chi connectivity index (χ4v) is 2.79. The van der Waals surface area contributed by atoms with E-state index in [0.29, 0.717) is 12.8 Å². The quantitative estimate of drug-likeness (QED) is 0.786. The highest BCUT2D eigenvalue weighted by Crippen LogP contribution is 2.20. The van der Waals surface area contributed by atoms with E-state index in [1.165, 1.54) is 6.42 Å². The number of hydrogen-bond acceptors (Lipinski definition) is 4. The van der Waals surface area contributed by atoms with Crippen LogP contribution in [-0.2, 0) is 20.7 Å².